The summed E-state index contributed by atoms with van der Waals surface area (Å²) in [5.74, 6) is 0.890. The lowest BCUT2D eigenvalue weighted by atomic mass is 9.98. The summed E-state index contributed by atoms with van der Waals surface area (Å²) in [6.07, 6.45) is 0. The molecule has 0 aliphatic heterocycles. The zero-order valence-electron chi connectivity index (χ0n) is 14.6. The molecule has 2 aromatic rings. The van der Waals surface area contributed by atoms with Crippen LogP contribution in [0, 0.1) is 6.92 Å². The van der Waals surface area contributed by atoms with Gasteiger partial charge in [-0.3, -0.25) is 4.79 Å². The molecule has 0 saturated heterocycles. The maximum atomic E-state index is 12.7. The highest BCUT2D eigenvalue weighted by Gasteiger charge is 2.17. The standard InChI is InChI=1S/C19H22ClNO3/c1-11(2)14-8-6-7-12(3)17(14)21-19(22)13-9-15(20)18(24-5)16(10-13)23-4/h6-11H,1-5H3,(H,21,22). The number of halogens is 1. The van der Waals surface area contributed by atoms with Crippen LogP contribution in [0.15, 0.2) is 30.3 Å². The van der Waals surface area contributed by atoms with Crippen molar-refractivity contribution in [2.45, 2.75) is 26.7 Å². The predicted molar refractivity (Wildman–Crippen MR) is 97.8 cm³/mol. The summed E-state index contributed by atoms with van der Waals surface area (Å²) in [6.45, 7) is 6.17. The SMILES string of the molecule is COc1cc(C(=O)Nc2c(C)cccc2C(C)C)cc(Cl)c1OC. The number of amides is 1. The lowest BCUT2D eigenvalue weighted by Gasteiger charge is -2.17. The van der Waals surface area contributed by atoms with Crippen molar-refractivity contribution < 1.29 is 14.3 Å². The fourth-order valence-electron chi connectivity index (χ4n) is 2.58. The number of hydrogen-bond acceptors (Lipinski definition) is 3. The largest absolute Gasteiger partial charge is 0.493 e. The summed E-state index contributed by atoms with van der Waals surface area (Å²) in [5.41, 5.74) is 3.36. The van der Waals surface area contributed by atoms with E-state index in [9.17, 15) is 4.79 Å². The van der Waals surface area contributed by atoms with Gasteiger partial charge in [0.05, 0.1) is 19.2 Å². The van der Waals surface area contributed by atoms with Gasteiger partial charge < -0.3 is 14.8 Å². The van der Waals surface area contributed by atoms with Gasteiger partial charge in [-0.15, -0.1) is 0 Å². The van der Waals surface area contributed by atoms with Gasteiger partial charge in [0.2, 0.25) is 0 Å². The van der Waals surface area contributed by atoms with Crippen LogP contribution in [0.1, 0.15) is 41.3 Å². The van der Waals surface area contributed by atoms with Crippen LogP contribution < -0.4 is 14.8 Å². The first-order valence-corrected chi connectivity index (χ1v) is 8.09. The summed E-state index contributed by atoms with van der Waals surface area (Å²) in [5, 5.41) is 3.33. The van der Waals surface area contributed by atoms with Gasteiger partial charge >= 0.3 is 0 Å². The van der Waals surface area contributed by atoms with E-state index in [0.717, 1.165) is 16.8 Å². The first kappa shape index (κ1) is 18.1. The molecule has 0 fully saturated rings. The zero-order valence-corrected chi connectivity index (χ0v) is 15.3. The Bertz CT molecular complexity index is 757. The number of para-hydroxylation sites is 1. The molecular weight excluding hydrogens is 326 g/mol. The van der Waals surface area contributed by atoms with Gasteiger partial charge in [0, 0.05) is 11.3 Å². The number of methoxy groups -OCH3 is 2. The molecule has 2 aromatic carbocycles. The molecule has 128 valence electrons. The highest BCUT2D eigenvalue weighted by molar-refractivity contribution is 6.32. The number of carbonyl (C=O) groups is 1. The molecule has 0 spiro atoms. The average Bonchev–Trinajstić information content (AvgIpc) is 2.55. The third kappa shape index (κ3) is 3.65. The van der Waals surface area contributed by atoms with Gasteiger partial charge in [0.15, 0.2) is 11.5 Å². The van der Waals surface area contributed by atoms with Gasteiger partial charge in [-0.2, -0.15) is 0 Å². The fourth-order valence-corrected chi connectivity index (χ4v) is 2.86. The quantitative estimate of drug-likeness (QED) is 0.824. The molecule has 0 aliphatic carbocycles. The van der Waals surface area contributed by atoms with Gasteiger partial charge in [-0.05, 0) is 36.1 Å². The number of carbonyl (C=O) groups excluding carboxylic acids is 1. The molecule has 0 atom stereocenters. The maximum absolute atomic E-state index is 12.7. The van der Waals surface area contributed by atoms with E-state index in [1.807, 2.05) is 25.1 Å². The molecular formula is C19H22ClNO3. The van der Waals surface area contributed by atoms with Crippen LogP contribution in [0.2, 0.25) is 5.02 Å². The van der Waals surface area contributed by atoms with Crippen molar-refractivity contribution in [3.05, 3.63) is 52.0 Å². The molecule has 1 amide bonds. The molecule has 4 nitrogen and oxygen atoms in total. The number of ether oxygens (including phenoxy) is 2. The van der Waals surface area contributed by atoms with Crippen molar-refractivity contribution >= 4 is 23.2 Å². The monoisotopic (exact) mass is 347 g/mol. The highest BCUT2D eigenvalue weighted by atomic mass is 35.5. The van der Waals surface area contributed by atoms with Crippen LogP contribution in [-0.2, 0) is 0 Å². The van der Waals surface area contributed by atoms with E-state index in [-0.39, 0.29) is 5.91 Å². The number of aryl methyl sites for hydroxylation is 1. The molecule has 0 aliphatic rings. The van der Waals surface area contributed by atoms with Crippen LogP contribution >= 0.6 is 11.6 Å². The van der Waals surface area contributed by atoms with Crippen molar-refractivity contribution in [2.75, 3.05) is 19.5 Å². The minimum absolute atomic E-state index is 0.242. The highest BCUT2D eigenvalue weighted by Crippen LogP contribution is 2.36. The molecule has 2 rings (SSSR count). The third-order valence-electron chi connectivity index (χ3n) is 3.86. The van der Waals surface area contributed by atoms with E-state index in [0.29, 0.717) is 28.0 Å². The second-order valence-electron chi connectivity index (χ2n) is 5.84. The second-order valence-corrected chi connectivity index (χ2v) is 6.25. The Morgan fingerprint density at radius 3 is 2.46 bits per heavy atom. The summed E-state index contributed by atoms with van der Waals surface area (Å²) in [4.78, 5) is 12.7. The average molecular weight is 348 g/mol. The Morgan fingerprint density at radius 2 is 1.88 bits per heavy atom. The molecule has 1 N–H and O–H groups in total. The van der Waals surface area contributed by atoms with E-state index in [4.69, 9.17) is 21.1 Å². The zero-order chi connectivity index (χ0) is 17.9. The first-order valence-electron chi connectivity index (χ1n) is 7.71. The molecule has 0 heterocycles. The second kappa shape index (κ2) is 7.58. The van der Waals surface area contributed by atoms with Gasteiger partial charge in [-0.25, -0.2) is 0 Å². The number of nitrogens with one attached hydrogen (secondary N) is 1. The van der Waals surface area contributed by atoms with E-state index in [2.05, 4.69) is 19.2 Å². The normalized spacial score (nSPS) is 10.6. The molecule has 5 heteroatoms. The summed E-state index contributed by atoms with van der Waals surface area (Å²) < 4.78 is 10.5. The minimum atomic E-state index is -0.242. The van der Waals surface area contributed by atoms with Crippen molar-refractivity contribution in [2.24, 2.45) is 0 Å². The minimum Gasteiger partial charge on any atom is -0.493 e. The molecule has 24 heavy (non-hydrogen) atoms. The number of anilines is 1. The molecule has 0 radical (unpaired) electrons. The van der Waals surface area contributed by atoms with Gasteiger partial charge in [0.1, 0.15) is 0 Å². The lowest BCUT2D eigenvalue weighted by Crippen LogP contribution is -2.15. The summed E-state index contributed by atoms with van der Waals surface area (Å²) in [6, 6.07) is 9.18. The van der Waals surface area contributed by atoms with Crippen molar-refractivity contribution in [3.8, 4) is 11.5 Å². The Hall–Kier alpha value is -2.20. The molecule has 0 saturated carbocycles. The predicted octanol–water partition coefficient (Wildman–Crippen LogP) is 5.04. The summed E-state index contributed by atoms with van der Waals surface area (Å²) in [7, 11) is 3.01. The Morgan fingerprint density at radius 1 is 1.17 bits per heavy atom. The number of rotatable bonds is 5. The molecule has 0 unspecified atom stereocenters. The summed E-state index contributed by atoms with van der Waals surface area (Å²) >= 11 is 6.19. The fraction of sp³-hybridized carbons (Fsp3) is 0.316. The third-order valence-corrected chi connectivity index (χ3v) is 4.14. The molecule has 0 aromatic heterocycles. The Kier molecular flexibility index (Phi) is 5.73. The van der Waals surface area contributed by atoms with E-state index in [1.165, 1.54) is 14.2 Å². The van der Waals surface area contributed by atoms with E-state index in [1.54, 1.807) is 12.1 Å². The van der Waals surface area contributed by atoms with Crippen LogP contribution in [0.25, 0.3) is 0 Å². The smallest absolute Gasteiger partial charge is 0.255 e. The Balaban J connectivity index is 2.40. The Labute approximate surface area is 147 Å². The van der Waals surface area contributed by atoms with Crippen LogP contribution in [0.4, 0.5) is 5.69 Å². The van der Waals surface area contributed by atoms with Crippen molar-refractivity contribution in [1.29, 1.82) is 0 Å². The lowest BCUT2D eigenvalue weighted by molar-refractivity contribution is 0.102. The van der Waals surface area contributed by atoms with E-state index < -0.39 is 0 Å². The first-order chi connectivity index (χ1) is 11.4. The van der Waals surface area contributed by atoms with Gasteiger partial charge in [-0.1, -0.05) is 43.6 Å². The topological polar surface area (TPSA) is 47.6 Å². The van der Waals surface area contributed by atoms with Crippen LogP contribution in [-0.4, -0.2) is 20.1 Å². The van der Waals surface area contributed by atoms with E-state index >= 15 is 0 Å². The van der Waals surface area contributed by atoms with Gasteiger partial charge in [0.25, 0.3) is 5.91 Å². The van der Waals surface area contributed by atoms with Crippen molar-refractivity contribution in [3.63, 3.8) is 0 Å². The number of benzene rings is 2. The number of hydrogen-bond donors (Lipinski definition) is 1. The van der Waals surface area contributed by atoms with Crippen LogP contribution in [0.3, 0.4) is 0 Å². The molecule has 0 bridgehead atoms. The van der Waals surface area contributed by atoms with Crippen LogP contribution in [0.5, 0.6) is 11.5 Å². The maximum Gasteiger partial charge on any atom is 0.255 e. The van der Waals surface area contributed by atoms with Crippen molar-refractivity contribution in [1.82, 2.24) is 0 Å².